The van der Waals surface area contributed by atoms with E-state index in [1.54, 1.807) is 12.2 Å². The molecule has 0 aliphatic rings. The lowest BCUT2D eigenvalue weighted by Crippen LogP contribution is -2.03. The first-order chi connectivity index (χ1) is 11.6. The zero-order valence-corrected chi connectivity index (χ0v) is 14.7. The monoisotopic (exact) mass is 336 g/mol. The molecular formula is C20H32O4. The van der Waals surface area contributed by atoms with Crippen molar-refractivity contribution in [2.75, 3.05) is 0 Å². The predicted octanol–water partition coefficient (Wildman–Crippen LogP) is 4.16. The number of hydrogen-bond acceptors (Lipinski definition) is 3. The van der Waals surface area contributed by atoms with Crippen LogP contribution in [0.5, 0.6) is 0 Å². The van der Waals surface area contributed by atoms with Gasteiger partial charge in [0.05, 0.1) is 12.2 Å². The maximum Gasteiger partial charge on any atom is 0.303 e. The molecule has 0 spiro atoms. The smallest absolute Gasteiger partial charge is 0.303 e. The lowest BCUT2D eigenvalue weighted by Gasteiger charge is -2.02. The van der Waals surface area contributed by atoms with E-state index in [0.29, 0.717) is 12.8 Å². The van der Waals surface area contributed by atoms with Gasteiger partial charge in [-0.05, 0) is 25.7 Å². The quantitative estimate of drug-likeness (QED) is 0.329. The Kier molecular flexibility index (Phi) is 15.1. The van der Waals surface area contributed by atoms with Gasteiger partial charge in [-0.3, -0.25) is 4.79 Å². The molecule has 0 aromatic heterocycles. The molecule has 4 nitrogen and oxygen atoms in total. The molecule has 24 heavy (non-hydrogen) atoms. The predicted molar refractivity (Wildman–Crippen MR) is 98.8 cm³/mol. The van der Waals surface area contributed by atoms with E-state index in [9.17, 15) is 15.0 Å². The second-order valence-corrected chi connectivity index (χ2v) is 5.78. The molecule has 0 rings (SSSR count). The number of carboxylic acids is 1. The van der Waals surface area contributed by atoms with Crippen molar-refractivity contribution in [3.8, 4) is 0 Å². The molecule has 2 atom stereocenters. The van der Waals surface area contributed by atoms with Crippen molar-refractivity contribution in [1.29, 1.82) is 0 Å². The molecule has 0 unspecified atom stereocenters. The van der Waals surface area contributed by atoms with E-state index in [2.05, 4.69) is 6.92 Å². The minimum absolute atomic E-state index is 0.0896. The molecule has 0 amide bonds. The Bertz CT molecular complexity index is 421. The van der Waals surface area contributed by atoms with Crippen LogP contribution in [0.2, 0.25) is 0 Å². The topological polar surface area (TPSA) is 77.8 Å². The maximum absolute atomic E-state index is 10.3. The molecule has 0 aromatic rings. The number of carboxylic acid groups (broad SMARTS) is 1. The minimum Gasteiger partial charge on any atom is -0.481 e. The molecule has 4 heteroatoms. The molecule has 0 aliphatic carbocycles. The fourth-order valence-corrected chi connectivity index (χ4v) is 2.04. The van der Waals surface area contributed by atoms with Gasteiger partial charge in [-0.15, -0.1) is 0 Å². The number of aliphatic hydroxyl groups is 2. The van der Waals surface area contributed by atoms with Gasteiger partial charge >= 0.3 is 5.97 Å². The number of aliphatic hydroxyl groups excluding tert-OH is 2. The summed E-state index contributed by atoms with van der Waals surface area (Å²) in [5, 5.41) is 27.8. The van der Waals surface area contributed by atoms with E-state index < -0.39 is 12.1 Å². The highest BCUT2D eigenvalue weighted by Gasteiger charge is 2.01. The fourth-order valence-electron chi connectivity index (χ4n) is 2.04. The number of carbonyl (C=O) groups is 1. The van der Waals surface area contributed by atoms with Gasteiger partial charge in [0, 0.05) is 6.42 Å². The average molecular weight is 336 g/mol. The zero-order chi connectivity index (χ0) is 18.0. The van der Waals surface area contributed by atoms with Gasteiger partial charge in [0.2, 0.25) is 0 Å². The third-order valence-corrected chi connectivity index (χ3v) is 3.43. The van der Waals surface area contributed by atoms with Crippen molar-refractivity contribution >= 4 is 5.97 Å². The van der Waals surface area contributed by atoms with Crippen LogP contribution in [0.4, 0.5) is 0 Å². The Morgan fingerprint density at radius 2 is 1.42 bits per heavy atom. The van der Waals surface area contributed by atoms with Gasteiger partial charge in [-0.1, -0.05) is 74.8 Å². The van der Waals surface area contributed by atoms with Crippen LogP contribution in [0, 0.1) is 0 Å². The third-order valence-electron chi connectivity index (χ3n) is 3.43. The molecule has 0 radical (unpaired) electrons. The Balaban J connectivity index is 3.75. The lowest BCUT2D eigenvalue weighted by atomic mass is 10.1. The molecule has 0 aromatic carbocycles. The largest absolute Gasteiger partial charge is 0.481 e. The van der Waals surface area contributed by atoms with Gasteiger partial charge in [-0.2, -0.15) is 0 Å². The van der Waals surface area contributed by atoms with Crippen LogP contribution < -0.4 is 0 Å². The second-order valence-electron chi connectivity index (χ2n) is 5.78. The normalized spacial score (nSPS) is 15.1. The first-order valence-electron chi connectivity index (χ1n) is 8.80. The summed E-state index contributed by atoms with van der Waals surface area (Å²) in [7, 11) is 0. The van der Waals surface area contributed by atoms with Crippen LogP contribution in [-0.2, 0) is 4.79 Å². The zero-order valence-electron chi connectivity index (χ0n) is 14.7. The highest BCUT2D eigenvalue weighted by Crippen LogP contribution is 2.04. The summed E-state index contributed by atoms with van der Waals surface area (Å²) in [4.78, 5) is 10.3. The molecule has 136 valence electrons. The Morgan fingerprint density at radius 3 is 1.92 bits per heavy atom. The second kappa shape index (κ2) is 16.2. The lowest BCUT2D eigenvalue weighted by molar-refractivity contribution is -0.137. The Morgan fingerprint density at radius 1 is 0.875 bits per heavy atom. The summed E-state index contributed by atoms with van der Waals surface area (Å²) in [6.45, 7) is 2.15. The van der Waals surface area contributed by atoms with Crippen molar-refractivity contribution in [3.05, 3.63) is 48.6 Å². The van der Waals surface area contributed by atoms with Crippen LogP contribution in [0.25, 0.3) is 0 Å². The number of aliphatic carboxylic acids is 1. The van der Waals surface area contributed by atoms with E-state index in [0.717, 1.165) is 32.1 Å². The van der Waals surface area contributed by atoms with Gasteiger partial charge < -0.3 is 15.3 Å². The summed E-state index contributed by atoms with van der Waals surface area (Å²) in [6.07, 6.45) is 19.9. The summed E-state index contributed by atoms with van der Waals surface area (Å²) in [5.74, 6) is -0.833. The summed E-state index contributed by atoms with van der Waals surface area (Å²) in [6, 6.07) is 0. The third kappa shape index (κ3) is 16.7. The molecule has 0 heterocycles. The van der Waals surface area contributed by atoms with Crippen LogP contribution in [0.15, 0.2) is 48.6 Å². The van der Waals surface area contributed by atoms with Gasteiger partial charge in [0.15, 0.2) is 0 Å². The molecule has 0 aliphatic heterocycles. The van der Waals surface area contributed by atoms with E-state index in [1.807, 2.05) is 36.5 Å². The van der Waals surface area contributed by atoms with Crippen molar-refractivity contribution < 1.29 is 20.1 Å². The maximum atomic E-state index is 10.3. The van der Waals surface area contributed by atoms with Crippen molar-refractivity contribution in [1.82, 2.24) is 0 Å². The van der Waals surface area contributed by atoms with Crippen molar-refractivity contribution in [3.63, 3.8) is 0 Å². The number of allylic oxidation sites excluding steroid dienone is 6. The van der Waals surface area contributed by atoms with E-state index >= 15 is 0 Å². The first-order valence-corrected chi connectivity index (χ1v) is 8.80. The van der Waals surface area contributed by atoms with Crippen LogP contribution in [0.3, 0.4) is 0 Å². The average Bonchev–Trinajstić information content (AvgIpc) is 2.53. The van der Waals surface area contributed by atoms with Gasteiger partial charge in [0.25, 0.3) is 0 Å². The molecule has 0 fully saturated rings. The van der Waals surface area contributed by atoms with E-state index in [-0.39, 0.29) is 12.5 Å². The fraction of sp³-hybridized carbons (Fsp3) is 0.550. The van der Waals surface area contributed by atoms with E-state index in [1.165, 1.54) is 0 Å². The number of rotatable bonds is 14. The highest BCUT2D eigenvalue weighted by molar-refractivity contribution is 5.66. The Hall–Kier alpha value is -1.65. The number of hydrogen-bond donors (Lipinski definition) is 3. The molecule has 0 saturated carbocycles. The number of unbranched alkanes of at least 4 members (excludes halogenated alkanes) is 2. The SMILES string of the molecule is CCCCC[C@H](O)/C=C/C=C/C/C=C/C=C\[C@@H](O)CCCC(=O)O. The van der Waals surface area contributed by atoms with Crippen molar-refractivity contribution in [2.24, 2.45) is 0 Å². The molecule has 0 saturated heterocycles. The summed E-state index contributed by atoms with van der Waals surface area (Å²) in [5.41, 5.74) is 0. The summed E-state index contributed by atoms with van der Waals surface area (Å²) < 4.78 is 0. The Labute approximate surface area is 145 Å². The summed E-state index contributed by atoms with van der Waals surface area (Å²) >= 11 is 0. The van der Waals surface area contributed by atoms with E-state index in [4.69, 9.17) is 5.11 Å². The standard InChI is InChI=1S/C20H32O4/c1-2-3-9-13-18(21)14-10-7-5-4-6-8-11-15-19(22)16-12-17-20(23)24/h5-8,10-11,14-15,18-19,21-22H,2-4,9,12-13,16-17H2,1H3,(H,23,24)/b7-5+,8-6+,14-10+,15-11-/t18-,19+/m0/s1. The van der Waals surface area contributed by atoms with Crippen LogP contribution >= 0.6 is 0 Å². The molecule has 0 bridgehead atoms. The van der Waals surface area contributed by atoms with Crippen LogP contribution in [0.1, 0.15) is 58.3 Å². The minimum atomic E-state index is -0.833. The van der Waals surface area contributed by atoms with Crippen LogP contribution in [-0.4, -0.2) is 33.5 Å². The van der Waals surface area contributed by atoms with Crippen molar-refractivity contribution in [2.45, 2.75) is 70.5 Å². The highest BCUT2D eigenvalue weighted by atomic mass is 16.4. The molecular weight excluding hydrogens is 304 g/mol. The van der Waals surface area contributed by atoms with Gasteiger partial charge in [0.1, 0.15) is 0 Å². The molecule has 3 N–H and O–H groups in total. The first kappa shape index (κ1) is 22.4. The van der Waals surface area contributed by atoms with Gasteiger partial charge in [-0.25, -0.2) is 0 Å².